The second-order valence-electron chi connectivity index (χ2n) is 5.97. The summed E-state index contributed by atoms with van der Waals surface area (Å²) in [6, 6.07) is 13.0. The topological polar surface area (TPSA) is 60.4 Å². The van der Waals surface area contributed by atoms with Gasteiger partial charge in [0, 0.05) is 18.9 Å². The molecule has 0 bridgehead atoms. The number of hydrogen-bond donors (Lipinski definition) is 0. The minimum Gasteiger partial charge on any atom is -0.497 e. The standard InChI is InChI=1S/C20H22N2O4/c1-13(23)22-19(17-11-16(25-3)9-10-20(17)26-4)12-18(21-22)14-5-7-15(24-2)8-6-14/h5-11,19H,12H2,1-4H3/t19-/m0/s1. The molecule has 0 saturated carbocycles. The zero-order valence-corrected chi connectivity index (χ0v) is 15.4. The molecule has 0 N–H and O–H groups in total. The Hall–Kier alpha value is -3.02. The SMILES string of the molecule is COc1ccc(C2=NN(C(C)=O)[C@H](c3cc(OC)ccc3OC)C2)cc1. The minimum atomic E-state index is -0.241. The molecule has 3 rings (SSSR count). The number of rotatable bonds is 5. The van der Waals surface area contributed by atoms with Gasteiger partial charge in [0.25, 0.3) is 0 Å². The van der Waals surface area contributed by atoms with Crippen molar-refractivity contribution in [1.82, 2.24) is 5.01 Å². The van der Waals surface area contributed by atoms with Gasteiger partial charge in [-0.25, -0.2) is 5.01 Å². The number of hydrogen-bond acceptors (Lipinski definition) is 5. The normalized spacial score (nSPS) is 16.2. The van der Waals surface area contributed by atoms with Gasteiger partial charge in [-0.1, -0.05) is 0 Å². The molecule has 1 heterocycles. The van der Waals surface area contributed by atoms with Crippen molar-refractivity contribution in [1.29, 1.82) is 0 Å². The molecule has 1 amide bonds. The molecule has 2 aromatic carbocycles. The van der Waals surface area contributed by atoms with Gasteiger partial charge in [-0.3, -0.25) is 4.79 Å². The fraction of sp³-hybridized carbons (Fsp3) is 0.300. The van der Waals surface area contributed by atoms with Crippen LogP contribution in [0.3, 0.4) is 0 Å². The lowest BCUT2D eigenvalue weighted by molar-refractivity contribution is -0.130. The summed E-state index contributed by atoms with van der Waals surface area (Å²) in [4.78, 5) is 12.2. The molecular formula is C20H22N2O4. The summed E-state index contributed by atoms with van der Waals surface area (Å²) in [6.07, 6.45) is 0.593. The molecule has 1 aliphatic rings. The smallest absolute Gasteiger partial charge is 0.240 e. The number of nitrogens with zero attached hydrogens (tertiary/aromatic N) is 2. The van der Waals surface area contributed by atoms with Gasteiger partial charge in [-0.05, 0) is 48.0 Å². The van der Waals surface area contributed by atoms with Crippen molar-refractivity contribution in [3.63, 3.8) is 0 Å². The first-order valence-corrected chi connectivity index (χ1v) is 8.31. The summed E-state index contributed by atoms with van der Waals surface area (Å²) in [5, 5.41) is 6.08. The van der Waals surface area contributed by atoms with E-state index in [0.717, 1.165) is 22.6 Å². The Kier molecular flexibility index (Phi) is 5.11. The maximum atomic E-state index is 12.2. The lowest BCUT2D eigenvalue weighted by Gasteiger charge is -2.22. The molecule has 0 saturated heterocycles. The Bertz CT molecular complexity index is 830. The van der Waals surface area contributed by atoms with Crippen molar-refractivity contribution in [3.05, 3.63) is 53.6 Å². The Morgan fingerprint density at radius 2 is 1.65 bits per heavy atom. The van der Waals surface area contributed by atoms with E-state index in [0.29, 0.717) is 17.9 Å². The summed E-state index contributed by atoms with van der Waals surface area (Å²) in [5.41, 5.74) is 2.67. The molecule has 0 aliphatic carbocycles. The van der Waals surface area contributed by atoms with Crippen LogP contribution in [0.15, 0.2) is 47.6 Å². The number of methoxy groups -OCH3 is 3. The lowest BCUT2D eigenvalue weighted by atomic mass is 9.97. The molecule has 1 atom stereocenters. The van der Waals surface area contributed by atoms with Crippen LogP contribution < -0.4 is 14.2 Å². The molecule has 2 aromatic rings. The van der Waals surface area contributed by atoms with Gasteiger partial charge in [0.1, 0.15) is 17.2 Å². The highest BCUT2D eigenvalue weighted by Gasteiger charge is 2.33. The second kappa shape index (κ2) is 7.47. The van der Waals surface area contributed by atoms with Crippen molar-refractivity contribution in [2.45, 2.75) is 19.4 Å². The molecule has 6 heteroatoms. The predicted molar refractivity (Wildman–Crippen MR) is 99.0 cm³/mol. The van der Waals surface area contributed by atoms with Crippen LogP contribution in [-0.4, -0.2) is 38.0 Å². The Morgan fingerprint density at radius 1 is 1.00 bits per heavy atom. The number of amides is 1. The lowest BCUT2D eigenvalue weighted by Crippen LogP contribution is -2.24. The fourth-order valence-corrected chi connectivity index (χ4v) is 3.10. The summed E-state index contributed by atoms with van der Waals surface area (Å²) in [5.74, 6) is 2.07. The molecule has 1 aliphatic heterocycles. The molecule has 0 unspecified atom stereocenters. The van der Waals surface area contributed by atoms with E-state index < -0.39 is 0 Å². The van der Waals surface area contributed by atoms with Crippen LogP contribution in [0.1, 0.15) is 30.5 Å². The van der Waals surface area contributed by atoms with E-state index >= 15 is 0 Å². The quantitative estimate of drug-likeness (QED) is 0.826. The highest BCUT2D eigenvalue weighted by molar-refractivity contribution is 6.03. The first-order valence-electron chi connectivity index (χ1n) is 8.31. The first-order chi connectivity index (χ1) is 12.6. The zero-order chi connectivity index (χ0) is 18.7. The average molecular weight is 354 g/mol. The van der Waals surface area contributed by atoms with Crippen molar-refractivity contribution in [3.8, 4) is 17.2 Å². The van der Waals surface area contributed by atoms with E-state index in [9.17, 15) is 4.79 Å². The third-order valence-electron chi connectivity index (χ3n) is 4.45. The van der Waals surface area contributed by atoms with Crippen molar-refractivity contribution in [2.24, 2.45) is 5.10 Å². The van der Waals surface area contributed by atoms with E-state index in [1.807, 2.05) is 42.5 Å². The highest BCUT2D eigenvalue weighted by atomic mass is 16.5. The van der Waals surface area contributed by atoms with Crippen LogP contribution in [0, 0.1) is 0 Å². The Balaban J connectivity index is 1.97. The fourth-order valence-electron chi connectivity index (χ4n) is 3.10. The van der Waals surface area contributed by atoms with Crippen molar-refractivity contribution >= 4 is 11.6 Å². The first kappa shape index (κ1) is 17.8. The van der Waals surface area contributed by atoms with Gasteiger partial charge >= 0.3 is 0 Å². The summed E-state index contributed by atoms with van der Waals surface area (Å²) in [7, 11) is 4.86. The summed E-state index contributed by atoms with van der Waals surface area (Å²) >= 11 is 0. The van der Waals surface area contributed by atoms with Crippen LogP contribution >= 0.6 is 0 Å². The van der Waals surface area contributed by atoms with Gasteiger partial charge < -0.3 is 14.2 Å². The minimum absolute atomic E-state index is 0.122. The molecule has 26 heavy (non-hydrogen) atoms. The molecule has 6 nitrogen and oxygen atoms in total. The molecule has 0 spiro atoms. The highest BCUT2D eigenvalue weighted by Crippen LogP contribution is 2.39. The maximum absolute atomic E-state index is 12.2. The van der Waals surface area contributed by atoms with Gasteiger partial charge in [-0.15, -0.1) is 0 Å². The van der Waals surface area contributed by atoms with E-state index in [-0.39, 0.29) is 11.9 Å². The molecule has 0 fully saturated rings. The Labute approximate surface area is 153 Å². The molecular weight excluding hydrogens is 332 g/mol. The van der Waals surface area contributed by atoms with Gasteiger partial charge in [0.2, 0.25) is 5.91 Å². The monoisotopic (exact) mass is 354 g/mol. The number of carbonyl (C=O) groups excluding carboxylic acids is 1. The number of ether oxygens (including phenoxy) is 3. The van der Waals surface area contributed by atoms with Crippen LogP contribution in [-0.2, 0) is 4.79 Å². The van der Waals surface area contributed by atoms with Crippen LogP contribution in [0.4, 0.5) is 0 Å². The van der Waals surface area contributed by atoms with Crippen LogP contribution in [0.2, 0.25) is 0 Å². The van der Waals surface area contributed by atoms with E-state index in [4.69, 9.17) is 14.2 Å². The average Bonchev–Trinajstić information content (AvgIpc) is 3.13. The second-order valence-corrected chi connectivity index (χ2v) is 5.97. The van der Waals surface area contributed by atoms with Gasteiger partial charge in [0.15, 0.2) is 0 Å². The van der Waals surface area contributed by atoms with Crippen LogP contribution in [0.5, 0.6) is 17.2 Å². The van der Waals surface area contributed by atoms with Gasteiger partial charge in [-0.2, -0.15) is 5.10 Å². The van der Waals surface area contributed by atoms with Crippen molar-refractivity contribution in [2.75, 3.05) is 21.3 Å². The predicted octanol–water partition coefficient (Wildman–Crippen LogP) is 3.41. The number of hydrazone groups is 1. The largest absolute Gasteiger partial charge is 0.497 e. The molecule has 0 radical (unpaired) electrons. The molecule has 0 aromatic heterocycles. The third kappa shape index (κ3) is 3.35. The van der Waals surface area contributed by atoms with E-state index in [1.165, 1.54) is 11.9 Å². The van der Waals surface area contributed by atoms with Crippen LogP contribution in [0.25, 0.3) is 0 Å². The zero-order valence-electron chi connectivity index (χ0n) is 15.4. The summed E-state index contributed by atoms with van der Waals surface area (Å²) < 4.78 is 16.0. The third-order valence-corrected chi connectivity index (χ3v) is 4.45. The Morgan fingerprint density at radius 3 is 2.23 bits per heavy atom. The molecule has 136 valence electrons. The van der Waals surface area contributed by atoms with Crippen molar-refractivity contribution < 1.29 is 19.0 Å². The summed E-state index contributed by atoms with van der Waals surface area (Å²) in [6.45, 7) is 1.51. The van der Waals surface area contributed by atoms with E-state index in [1.54, 1.807) is 21.3 Å². The van der Waals surface area contributed by atoms with E-state index in [2.05, 4.69) is 5.10 Å². The maximum Gasteiger partial charge on any atom is 0.240 e. The number of carbonyl (C=O) groups is 1. The number of benzene rings is 2. The van der Waals surface area contributed by atoms with Gasteiger partial charge in [0.05, 0.1) is 33.1 Å².